The minimum atomic E-state index is 0.166. The second kappa shape index (κ2) is 5.07. The first-order valence-corrected chi connectivity index (χ1v) is 6.18. The molecule has 1 saturated heterocycles. The lowest BCUT2D eigenvalue weighted by atomic mass is 9.94. The van der Waals surface area contributed by atoms with E-state index in [0.717, 1.165) is 36.2 Å². The van der Waals surface area contributed by atoms with Crippen LogP contribution in [0.1, 0.15) is 19.4 Å². The molecule has 1 aliphatic rings. The molecule has 2 nitrogen and oxygen atoms in total. The highest BCUT2D eigenvalue weighted by Gasteiger charge is 2.17. The molecule has 1 aromatic rings. The van der Waals surface area contributed by atoms with Gasteiger partial charge >= 0.3 is 0 Å². The van der Waals surface area contributed by atoms with Crippen LogP contribution in [0, 0.1) is 5.92 Å². The van der Waals surface area contributed by atoms with Crippen molar-refractivity contribution in [3.05, 3.63) is 28.8 Å². The Labute approximate surface area is 102 Å². The van der Waals surface area contributed by atoms with E-state index in [2.05, 4.69) is 11.4 Å². The molecular weight excluding hydrogens is 222 g/mol. The van der Waals surface area contributed by atoms with Crippen LogP contribution in [-0.4, -0.2) is 19.2 Å². The summed E-state index contributed by atoms with van der Waals surface area (Å²) in [5.74, 6) is 1.56. The lowest BCUT2D eigenvalue weighted by Crippen LogP contribution is -2.43. The molecule has 0 saturated carbocycles. The molecule has 0 aromatic heterocycles. The molecule has 88 valence electrons. The van der Waals surface area contributed by atoms with E-state index in [1.165, 1.54) is 5.56 Å². The maximum atomic E-state index is 6.18. The summed E-state index contributed by atoms with van der Waals surface area (Å²) in [5.41, 5.74) is 1.30. The second-order valence-electron chi connectivity index (χ2n) is 4.66. The van der Waals surface area contributed by atoms with Gasteiger partial charge in [-0.2, -0.15) is 0 Å². The molecule has 0 radical (unpaired) electrons. The Hall–Kier alpha value is -0.730. The zero-order valence-corrected chi connectivity index (χ0v) is 10.6. The summed E-state index contributed by atoms with van der Waals surface area (Å²) < 4.78 is 5.60. The highest BCUT2D eigenvalue weighted by molar-refractivity contribution is 6.32. The van der Waals surface area contributed by atoms with Crippen LogP contribution < -0.4 is 10.1 Å². The third-order valence-electron chi connectivity index (χ3n) is 2.75. The normalized spacial score (nSPS) is 16.2. The van der Waals surface area contributed by atoms with Crippen molar-refractivity contribution in [2.45, 2.75) is 26.4 Å². The highest BCUT2D eigenvalue weighted by Crippen LogP contribution is 2.27. The summed E-state index contributed by atoms with van der Waals surface area (Å²) in [6.45, 7) is 6.26. The first-order chi connectivity index (χ1) is 7.65. The Morgan fingerprint density at radius 3 is 2.69 bits per heavy atom. The van der Waals surface area contributed by atoms with E-state index in [1.54, 1.807) is 0 Å². The fraction of sp³-hybridized carbons (Fsp3) is 0.538. The van der Waals surface area contributed by atoms with Crippen LogP contribution in [-0.2, 0) is 6.42 Å². The van der Waals surface area contributed by atoms with Crippen LogP contribution in [0.25, 0.3) is 0 Å². The van der Waals surface area contributed by atoms with Crippen LogP contribution in [0.3, 0.4) is 0 Å². The maximum Gasteiger partial charge on any atom is 0.138 e. The third kappa shape index (κ3) is 2.89. The Bertz CT molecular complexity index is 361. The van der Waals surface area contributed by atoms with E-state index in [-0.39, 0.29) is 6.10 Å². The molecule has 1 aliphatic heterocycles. The Kier molecular flexibility index (Phi) is 3.72. The summed E-state index contributed by atoms with van der Waals surface area (Å²) in [4.78, 5) is 0. The topological polar surface area (TPSA) is 21.3 Å². The Morgan fingerprint density at radius 2 is 2.19 bits per heavy atom. The molecule has 0 spiro atoms. The molecule has 1 aromatic carbocycles. The van der Waals surface area contributed by atoms with E-state index in [4.69, 9.17) is 16.3 Å². The van der Waals surface area contributed by atoms with Gasteiger partial charge in [0, 0.05) is 0 Å². The van der Waals surface area contributed by atoms with Gasteiger partial charge in [0.05, 0.1) is 11.1 Å². The van der Waals surface area contributed by atoms with Crippen molar-refractivity contribution in [3.8, 4) is 5.75 Å². The average molecular weight is 240 g/mol. The standard InChI is InChI=1S/C13H18ClNO/c1-9(2)16-13-4-3-10(6-12(13)14)5-11-7-15-8-11/h3-4,6,9,11,15H,5,7-8H2,1-2H3. The van der Waals surface area contributed by atoms with Crippen molar-refractivity contribution in [2.75, 3.05) is 13.1 Å². The van der Waals surface area contributed by atoms with Gasteiger partial charge in [-0.1, -0.05) is 17.7 Å². The zero-order chi connectivity index (χ0) is 11.5. The van der Waals surface area contributed by atoms with E-state index in [0.29, 0.717) is 0 Å². The fourth-order valence-corrected chi connectivity index (χ4v) is 2.09. The van der Waals surface area contributed by atoms with Crippen LogP contribution in [0.15, 0.2) is 18.2 Å². The molecule has 0 bridgehead atoms. The molecule has 0 amide bonds. The number of hydrogen-bond donors (Lipinski definition) is 1. The number of rotatable bonds is 4. The third-order valence-corrected chi connectivity index (χ3v) is 3.04. The molecule has 1 N–H and O–H groups in total. The summed E-state index contributed by atoms with van der Waals surface area (Å²) in [6.07, 6.45) is 1.27. The van der Waals surface area contributed by atoms with Crippen LogP contribution >= 0.6 is 11.6 Å². The predicted octanol–water partition coefficient (Wildman–Crippen LogP) is 2.89. The Balaban J connectivity index is 2.03. The fourth-order valence-electron chi connectivity index (χ4n) is 1.85. The summed E-state index contributed by atoms with van der Waals surface area (Å²) in [6, 6.07) is 6.11. The monoisotopic (exact) mass is 239 g/mol. The number of hydrogen-bond acceptors (Lipinski definition) is 2. The van der Waals surface area contributed by atoms with Gasteiger partial charge in [-0.05, 0) is 57.0 Å². The highest BCUT2D eigenvalue weighted by atomic mass is 35.5. The van der Waals surface area contributed by atoms with E-state index < -0.39 is 0 Å². The summed E-state index contributed by atoms with van der Waals surface area (Å²) >= 11 is 6.18. The van der Waals surface area contributed by atoms with Gasteiger partial charge in [-0.3, -0.25) is 0 Å². The van der Waals surface area contributed by atoms with Crippen molar-refractivity contribution in [2.24, 2.45) is 5.92 Å². The summed E-state index contributed by atoms with van der Waals surface area (Å²) in [5, 5.41) is 4.00. The van der Waals surface area contributed by atoms with Gasteiger partial charge in [-0.25, -0.2) is 0 Å². The quantitative estimate of drug-likeness (QED) is 0.873. The van der Waals surface area contributed by atoms with Gasteiger partial charge in [0.1, 0.15) is 5.75 Å². The van der Waals surface area contributed by atoms with E-state index >= 15 is 0 Å². The minimum absolute atomic E-state index is 0.166. The van der Waals surface area contributed by atoms with Gasteiger partial charge in [0.25, 0.3) is 0 Å². The van der Waals surface area contributed by atoms with Gasteiger partial charge in [-0.15, -0.1) is 0 Å². The molecule has 1 heterocycles. The van der Waals surface area contributed by atoms with Crippen molar-refractivity contribution in [1.29, 1.82) is 0 Å². The van der Waals surface area contributed by atoms with E-state index in [1.807, 2.05) is 26.0 Å². The number of ether oxygens (including phenoxy) is 1. The molecule has 3 heteroatoms. The van der Waals surface area contributed by atoms with Gasteiger partial charge in [0.2, 0.25) is 0 Å². The molecule has 1 fully saturated rings. The molecule has 16 heavy (non-hydrogen) atoms. The molecule has 0 unspecified atom stereocenters. The van der Waals surface area contributed by atoms with Crippen LogP contribution in [0.2, 0.25) is 5.02 Å². The maximum absolute atomic E-state index is 6.18. The van der Waals surface area contributed by atoms with Crippen LogP contribution in [0.4, 0.5) is 0 Å². The second-order valence-corrected chi connectivity index (χ2v) is 5.07. The van der Waals surface area contributed by atoms with Crippen molar-refractivity contribution in [1.82, 2.24) is 5.32 Å². The average Bonchev–Trinajstić information content (AvgIpc) is 2.15. The van der Waals surface area contributed by atoms with Crippen molar-refractivity contribution < 1.29 is 4.74 Å². The number of halogens is 1. The minimum Gasteiger partial charge on any atom is -0.489 e. The number of nitrogens with one attached hydrogen (secondary N) is 1. The smallest absolute Gasteiger partial charge is 0.138 e. The molecular formula is C13H18ClNO. The van der Waals surface area contributed by atoms with Crippen molar-refractivity contribution >= 4 is 11.6 Å². The summed E-state index contributed by atoms with van der Waals surface area (Å²) in [7, 11) is 0. The van der Waals surface area contributed by atoms with Crippen LogP contribution in [0.5, 0.6) is 5.75 Å². The lowest BCUT2D eigenvalue weighted by molar-refractivity contribution is 0.242. The number of benzene rings is 1. The molecule has 0 atom stereocenters. The Morgan fingerprint density at radius 1 is 1.44 bits per heavy atom. The first-order valence-electron chi connectivity index (χ1n) is 5.81. The van der Waals surface area contributed by atoms with Gasteiger partial charge in [0.15, 0.2) is 0 Å². The SMILES string of the molecule is CC(C)Oc1ccc(CC2CNC2)cc1Cl. The van der Waals surface area contributed by atoms with E-state index in [9.17, 15) is 0 Å². The zero-order valence-electron chi connectivity index (χ0n) is 9.79. The van der Waals surface area contributed by atoms with Crippen molar-refractivity contribution in [3.63, 3.8) is 0 Å². The predicted molar refractivity (Wildman–Crippen MR) is 67.3 cm³/mol. The largest absolute Gasteiger partial charge is 0.489 e. The lowest BCUT2D eigenvalue weighted by Gasteiger charge is -2.27. The molecule has 2 rings (SSSR count). The first kappa shape index (κ1) is 11.7. The molecule has 0 aliphatic carbocycles. The van der Waals surface area contributed by atoms with Gasteiger partial charge < -0.3 is 10.1 Å².